The van der Waals surface area contributed by atoms with E-state index in [1.54, 1.807) is 0 Å². The molecule has 0 aliphatic rings. The normalized spacial score (nSPS) is 12.6. The van der Waals surface area contributed by atoms with E-state index in [2.05, 4.69) is 49.7 Å². The lowest BCUT2D eigenvalue weighted by atomic mass is 10.1. The van der Waals surface area contributed by atoms with E-state index in [1.807, 2.05) is 18.2 Å². The molecule has 21 heavy (non-hydrogen) atoms. The molecule has 1 heterocycles. The zero-order chi connectivity index (χ0) is 15.4. The second kappa shape index (κ2) is 7.15. The first-order valence-electron chi connectivity index (χ1n) is 7.64. The van der Waals surface area contributed by atoms with Crippen molar-refractivity contribution in [2.45, 2.75) is 53.2 Å². The molecule has 0 radical (unpaired) electrons. The van der Waals surface area contributed by atoms with Gasteiger partial charge in [0.2, 0.25) is 0 Å². The molecule has 0 bridgehead atoms. The van der Waals surface area contributed by atoms with Gasteiger partial charge in [0.15, 0.2) is 0 Å². The number of nitrogens with one attached hydrogen (secondary N) is 1. The van der Waals surface area contributed by atoms with Crippen LogP contribution in [-0.4, -0.2) is 10.6 Å². The van der Waals surface area contributed by atoms with Crippen molar-refractivity contribution in [2.24, 2.45) is 0 Å². The predicted octanol–water partition coefficient (Wildman–Crippen LogP) is 4.50. The summed E-state index contributed by atoms with van der Waals surface area (Å²) in [5.41, 5.74) is 5.39. The van der Waals surface area contributed by atoms with E-state index in [4.69, 9.17) is 11.6 Å². The Balaban J connectivity index is 1.94. The molecule has 114 valence electrons. The first-order chi connectivity index (χ1) is 10.0. The molecule has 1 aromatic heterocycles. The van der Waals surface area contributed by atoms with Gasteiger partial charge in [0, 0.05) is 35.5 Å². The van der Waals surface area contributed by atoms with Crippen LogP contribution in [0.25, 0.3) is 0 Å². The Morgan fingerprint density at radius 1 is 1.24 bits per heavy atom. The third-order valence-electron chi connectivity index (χ3n) is 4.07. The van der Waals surface area contributed by atoms with E-state index in [0.29, 0.717) is 6.04 Å². The fourth-order valence-electron chi connectivity index (χ4n) is 2.91. The zero-order valence-corrected chi connectivity index (χ0v) is 14.2. The van der Waals surface area contributed by atoms with Crippen LogP contribution in [0.1, 0.15) is 36.4 Å². The minimum atomic E-state index is 0.424. The van der Waals surface area contributed by atoms with Crippen molar-refractivity contribution in [3.63, 3.8) is 0 Å². The number of hydrogen-bond acceptors (Lipinski definition) is 1. The molecule has 1 aromatic carbocycles. The van der Waals surface area contributed by atoms with Gasteiger partial charge < -0.3 is 9.88 Å². The van der Waals surface area contributed by atoms with Crippen LogP contribution in [0.15, 0.2) is 30.3 Å². The Morgan fingerprint density at radius 3 is 2.62 bits per heavy atom. The van der Waals surface area contributed by atoms with Crippen molar-refractivity contribution in [3.05, 3.63) is 57.9 Å². The van der Waals surface area contributed by atoms with Gasteiger partial charge >= 0.3 is 0 Å². The van der Waals surface area contributed by atoms with Crippen molar-refractivity contribution in [1.82, 2.24) is 9.88 Å². The van der Waals surface area contributed by atoms with E-state index in [9.17, 15) is 0 Å². The van der Waals surface area contributed by atoms with Crippen LogP contribution in [0.5, 0.6) is 0 Å². The first-order valence-corrected chi connectivity index (χ1v) is 8.02. The highest BCUT2D eigenvalue weighted by molar-refractivity contribution is 6.30. The van der Waals surface area contributed by atoms with E-state index in [0.717, 1.165) is 24.5 Å². The summed E-state index contributed by atoms with van der Waals surface area (Å²) < 4.78 is 2.36. The highest BCUT2D eigenvalue weighted by Crippen LogP contribution is 2.16. The molecule has 2 aromatic rings. The molecule has 0 aliphatic heterocycles. The van der Waals surface area contributed by atoms with Crippen LogP contribution in [0, 0.1) is 13.8 Å². The summed E-state index contributed by atoms with van der Waals surface area (Å²) in [6.07, 6.45) is 0.993. The highest BCUT2D eigenvalue weighted by atomic mass is 35.5. The van der Waals surface area contributed by atoms with Crippen molar-refractivity contribution in [3.8, 4) is 0 Å². The minimum absolute atomic E-state index is 0.424. The molecule has 0 amide bonds. The summed E-state index contributed by atoms with van der Waals surface area (Å²) >= 11 is 6.04. The maximum Gasteiger partial charge on any atom is 0.0408 e. The Kier molecular flexibility index (Phi) is 5.49. The smallest absolute Gasteiger partial charge is 0.0408 e. The van der Waals surface area contributed by atoms with Gasteiger partial charge in [-0.15, -0.1) is 0 Å². The standard InChI is InChI=1S/C18H25ClN2/c1-5-21-14(3)10-17(15(21)4)12-20-13(2)9-16-7-6-8-18(19)11-16/h6-8,10-11,13,20H,5,9,12H2,1-4H3. The van der Waals surface area contributed by atoms with Crippen LogP contribution in [0.4, 0.5) is 0 Å². The lowest BCUT2D eigenvalue weighted by molar-refractivity contribution is 0.543. The quantitative estimate of drug-likeness (QED) is 0.831. The molecule has 1 N–H and O–H groups in total. The largest absolute Gasteiger partial charge is 0.349 e. The first kappa shape index (κ1) is 16.1. The van der Waals surface area contributed by atoms with Gasteiger partial charge in [-0.25, -0.2) is 0 Å². The van der Waals surface area contributed by atoms with E-state index < -0.39 is 0 Å². The Hall–Kier alpha value is -1.25. The van der Waals surface area contributed by atoms with Gasteiger partial charge in [-0.1, -0.05) is 23.7 Å². The Morgan fingerprint density at radius 2 is 2.00 bits per heavy atom. The lowest BCUT2D eigenvalue weighted by Gasteiger charge is -2.14. The summed E-state index contributed by atoms with van der Waals surface area (Å²) in [6, 6.07) is 10.8. The molecule has 0 saturated heterocycles. The van der Waals surface area contributed by atoms with Crippen LogP contribution in [0.3, 0.4) is 0 Å². The van der Waals surface area contributed by atoms with Gasteiger partial charge in [-0.2, -0.15) is 0 Å². The molecular formula is C18H25ClN2. The molecule has 3 heteroatoms. The van der Waals surface area contributed by atoms with E-state index in [-0.39, 0.29) is 0 Å². The van der Waals surface area contributed by atoms with Gasteiger partial charge in [-0.05, 0) is 63.4 Å². The van der Waals surface area contributed by atoms with Gasteiger partial charge in [0.05, 0.1) is 0 Å². The summed E-state index contributed by atoms with van der Waals surface area (Å²) in [5, 5.41) is 4.43. The summed E-state index contributed by atoms with van der Waals surface area (Å²) in [6.45, 7) is 10.8. The molecule has 2 nitrogen and oxygen atoms in total. The zero-order valence-electron chi connectivity index (χ0n) is 13.4. The Labute approximate surface area is 133 Å². The van der Waals surface area contributed by atoms with Gasteiger partial charge in [-0.3, -0.25) is 0 Å². The monoisotopic (exact) mass is 304 g/mol. The number of benzene rings is 1. The average molecular weight is 305 g/mol. The predicted molar refractivity (Wildman–Crippen MR) is 91.0 cm³/mol. The molecular weight excluding hydrogens is 280 g/mol. The fourth-order valence-corrected chi connectivity index (χ4v) is 3.12. The number of hydrogen-bond donors (Lipinski definition) is 1. The molecule has 1 atom stereocenters. The summed E-state index contributed by atoms with van der Waals surface area (Å²) in [5.74, 6) is 0. The van der Waals surface area contributed by atoms with Crippen molar-refractivity contribution >= 4 is 11.6 Å². The highest BCUT2D eigenvalue weighted by Gasteiger charge is 2.09. The molecule has 0 aliphatic carbocycles. The van der Waals surface area contributed by atoms with Crippen molar-refractivity contribution in [1.29, 1.82) is 0 Å². The topological polar surface area (TPSA) is 17.0 Å². The lowest BCUT2D eigenvalue weighted by Crippen LogP contribution is -2.27. The van der Waals surface area contributed by atoms with Gasteiger partial charge in [0.1, 0.15) is 0 Å². The fraction of sp³-hybridized carbons (Fsp3) is 0.444. The summed E-state index contributed by atoms with van der Waals surface area (Å²) in [7, 11) is 0. The van der Waals surface area contributed by atoms with Crippen LogP contribution < -0.4 is 5.32 Å². The third-order valence-corrected chi connectivity index (χ3v) is 4.30. The maximum atomic E-state index is 6.04. The second-order valence-corrected chi connectivity index (χ2v) is 6.19. The molecule has 0 spiro atoms. The van der Waals surface area contributed by atoms with Crippen molar-refractivity contribution < 1.29 is 0 Å². The molecule has 0 fully saturated rings. The number of aryl methyl sites for hydroxylation is 1. The number of halogens is 1. The molecule has 1 unspecified atom stereocenters. The minimum Gasteiger partial charge on any atom is -0.349 e. The molecule has 0 saturated carbocycles. The van der Waals surface area contributed by atoms with Gasteiger partial charge in [0.25, 0.3) is 0 Å². The van der Waals surface area contributed by atoms with Crippen LogP contribution in [-0.2, 0) is 19.5 Å². The second-order valence-electron chi connectivity index (χ2n) is 5.76. The van der Waals surface area contributed by atoms with E-state index >= 15 is 0 Å². The van der Waals surface area contributed by atoms with Crippen molar-refractivity contribution in [2.75, 3.05) is 0 Å². The van der Waals surface area contributed by atoms with E-state index in [1.165, 1.54) is 22.5 Å². The molecule has 2 rings (SSSR count). The number of rotatable bonds is 6. The SMILES string of the molecule is CCn1c(C)cc(CNC(C)Cc2cccc(Cl)c2)c1C. The number of nitrogens with zero attached hydrogens (tertiary/aromatic N) is 1. The number of aromatic nitrogens is 1. The third kappa shape index (κ3) is 4.12. The van der Waals surface area contributed by atoms with Crippen LogP contribution >= 0.6 is 11.6 Å². The summed E-state index contributed by atoms with van der Waals surface area (Å²) in [4.78, 5) is 0. The Bertz CT molecular complexity index is 601. The maximum absolute atomic E-state index is 6.04. The van der Waals surface area contributed by atoms with Crippen LogP contribution in [0.2, 0.25) is 5.02 Å². The average Bonchev–Trinajstić information content (AvgIpc) is 2.70.